The molecule has 4 heteroatoms. The molecule has 0 aliphatic rings. The highest BCUT2D eigenvalue weighted by Gasteiger charge is 2.01. The largest absolute Gasteiger partial charge is 0.481 e. The van der Waals surface area contributed by atoms with Crippen molar-refractivity contribution < 1.29 is 20.1 Å². The first kappa shape index (κ1) is 22.6. The molecular formula is C20H34O4. The van der Waals surface area contributed by atoms with Crippen LogP contribution in [0.4, 0.5) is 0 Å². The highest BCUT2D eigenvalue weighted by molar-refractivity contribution is 5.66. The Morgan fingerprint density at radius 1 is 0.792 bits per heavy atom. The van der Waals surface area contributed by atoms with Crippen molar-refractivity contribution in [3.63, 3.8) is 0 Å². The molecule has 0 aromatic rings. The molecule has 24 heavy (non-hydrogen) atoms. The molecule has 0 aliphatic heterocycles. The molecule has 0 radical (unpaired) electrons. The van der Waals surface area contributed by atoms with Gasteiger partial charge in [-0.15, -0.1) is 0 Å². The van der Waals surface area contributed by atoms with E-state index in [0.29, 0.717) is 12.8 Å². The van der Waals surface area contributed by atoms with Gasteiger partial charge in [0.05, 0.1) is 12.2 Å². The van der Waals surface area contributed by atoms with Crippen LogP contribution in [0.1, 0.15) is 71.1 Å². The van der Waals surface area contributed by atoms with E-state index < -0.39 is 18.2 Å². The first-order valence-corrected chi connectivity index (χ1v) is 9.15. The number of allylic oxidation sites excluding steroid dienone is 4. The van der Waals surface area contributed by atoms with Crippen molar-refractivity contribution in [3.05, 3.63) is 36.5 Å². The van der Waals surface area contributed by atoms with E-state index in [-0.39, 0.29) is 6.42 Å². The van der Waals surface area contributed by atoms with Crippen LogP contribution in [0, 0.1) is 0 Å². The van der Waals surface area contributed by atoms with Gasteiger partial charge in [-0.2, -0.15) is 0 Å². The van der Waals surface area contributed by atoms with Gasteiger partial charge in [-0.3, -0.25) is 4.79 Å². The van der Waals surface area contributed by atoms with Crippen LogP contribution >= 0.6 is 0 Å². The molecule has 0 aliphatic carbocycles. The predicted octanol–water partition coefficient (Wildman–Crippen LogP) is 4.38. The topological polar surface area (TPSA) is 77.8 Å². The highest BCUT2D eigenvalue weighted by atomic mass is 16.4. The molecule has 4 nitrogen and oxygen atoms in total. The zero-order valence-electron chi connectivity index (χ0n) is 14.9. The molecule has 0 aromatic carbocycles. The molecule has 0 unspecified atom stereocenters. The Balaban J connectivity index is 3.70. The molecule has 0 saturated heterocycles. The van der Waals surface area contributed by atoms with Crippen molar-refractivity contribution in [2.24, 2.45) is 0 Å². The normalized spacial score (nSPS) is 14.8. The number of rotatable bonds is 15. The molecule has 0 spiro atoms. The van der Waals surface area contributed by atoms with E-state index in [1.165, 1.54) is 32.1 Å². The van der Waals surface area contributed by atoms with Crippen LogP contribution in [0.2, 0.25) is 0 Å². The zero-order valence-corrected chi connectivity index (χ0v) is 14.9. The van der Waals surface area contributed by atoms with Crippen LogP contribution in [0.5, 0.6) is 0 Å². The standard InChI is InChI=1S/C20H34O4/c1-2-3-4-5-6-9-13-18(21)14-10-7-8-11-15-19(22)16-12-17-20(23)24/h7-8,10-11,14-15,18-19,21-22H,2-6,9,12-13,16-17H2,1H3,(H,23,24)/t18-,19+/m0/s1. The summed E-state index contributed by atoms with van der Waals surface area (Å²) in [6, 6.07) is 0. The van der Waals surface area contributed by atoms with Crippen molar-refractivity contribution in [3.8, 4) is 0 Å². The van der Waals surface area contributed by atoms with Gasteiger partial charge in [0.15, 0.2) is 0 Å². The van der Waals surface area contributed by atoms with E-state index in [2.05, 4.69) is 6.92 Å². The lowest BCUT2D eigenvalue weighted by molar-refractivity contribution is -0.137. The molecule has 2 atom stereocenters. The first-order valence-electron chi connectivity index (χ1n) is 9.15. The van der Waals surface area contributed by atoms with Gasteiger partial charge in [0.1, 0.15) is 0 Å². The van der Waals surface area contributed by atoms with Gasteiger partial charge in [0, 0.05) is 6.42 Å². The van der Waals surface area contributed by atoms with Gasteiger partial charge in [0.25, 0.3) is 0 Å². The SMILES string of the molecule is CCCCCCCC[C@H](O)C=CC=CC=C[C@@H](O)CCCC(=O)O. The third-order valence-electron chi connectivity index (χ3n) is 3.74. The monoisotopic (exact) mass is 338 g/mol. The fourth-order valence-electron chi connectivity index (χ4n) is 2.30. The van der Waals surface area contributed by atoms with Crippen molar-refractivity contribution in [2.45, 2.75) is 83.3 Å². The van der Waals surface area contributed by atoms with E-state index in [0.717, 1.165) is 12.8 Å². The summed E-state index contributed by atoms with van der Waals surface area (Å²) >= 11 is 0. The van der Waals surface area contributed by atoms with Gasteiger partial charge in [0.2, 0.25) is 0 Å². The van der Waals surface area contributed by atoms with Gasteiger partial charge >= 0.3 is 5.97 Å². The number of carboxylic acid groups (broad SMARTS) is 1. The summed E-state index contributed by atoms with van der Waals surface area (Å²) in [5, 5.41) is 27.9. The van der Waals surface area contributed by atoms with Crippen molar-refractivity contribution in [2.75, 3.05) is 0 Å². The molecule has 0 amide bonds. The Kier molecular flexibility index (Phi) is 15.5. The van der Waals surface area contributed by atoms with Gasteiger partial charge < -0.3 is 15.3 Å². The van der Waals surface area contributed by atoms with Crippen LogP contribution in [-0.4, -0.2) is 33.5 Å². The second kappa shape index (κ2) is 16.5. The van der Waals surface area contributed by atoms with Crippen LogP contribution < -0.4 is 0 Å². The fourth-order valence-corrected chi connectivity index (χ4v) is 2.30. The van der Waals surface area contributed by atoms with Crippen LogP contribution in [-0.2, 0) is 4.79 Å². The second-order valence-corrected chi connectivity index (χ2v) is 6.13. The summed E-state index contributed by atoms with van der Waals surface area (Å²) in [6.45, 7) is 2.21. The van der Waals surface area contributed by atoms with Gasteiger partial charge in [-0.05, 0) is 19.3 Å². The Morgan fingerprint density at radius 2 is 1.29 bits per heavy atom. The maximum atomic E-state index is 10.4. The van der Waals surface area contributed by atoms with E-state index in [9.17, 15) is 15.0 Å². The van der Waals surface area contributed by atoms with Gasteiger partial charge in [-0.25, -0.2) is 0 Å². The van der Waals surface area contributed by atoms with Crippen molar-refractivity contribution in [1.82, 2.24) is 0 Å². The van der Waals surface area contributed by atoms with E-state index in [1.807, 2.05) is 12.2 Å². The Morgan fingerprint density at radius 3 is 1.83 bits per heavy atom. The van der Waals surface area contributed by atoms with Crippen molar-refractivity contribution >= 4 is 5.97 Å². The van der Waals surface area contributed by atoms with Crippen LogP contribution in [0.3, 0.4) is 0 Å². The fraction of sp³-hybridized carbons (Fsp3) is 0.650. The van der Waals surface area contributed by atoms with Gasteiger partial charge in [-0.1, -0.05) is 81.9 Å². The summed E-state index contributed by atoms with van der Waals surface area (Å²) in [4.78, 5) is 10.4. The average Bonchev–Trinajstić information content (AvgIpc) is 2.53. The lowest BCUT2D eigenvalue weighted by Gasteiger charge is -2.04. The zero-order chi connectivity index (χ0) is 18.0. The van der Waals surface area contributed by atoms with Crippen LogP contribution in [0.15, 0.2) is 36.5 Å². The second-order valence-electron chi connectivity index (χ2n) is 6.13. The molecule has 0 aromatic heterocycles. The minimum absolute atomic E-state index is 0.0833. The smallest absolute Gasteiger partial charge is 0.303 e. The summed E-state index contributed by atoms with van der Waals surface area (Å²) in [7, 11) is 0. The molecule has 0 bridgehead atoms. The number of hydrogen-bond acceptors (Lipinski definition) is 3. The lowest BCUT2D eigenvalue weighted by Crippen LogP contribution is -2.03. The lowest BCUT2D eigenvalue weighted by atomic mass is 10.1. The molecule has 138 valence electrons. The third-order valence-corrected chi connectivity index (χ3v) is 3.74. The molecule has 0 fully saturated rings. The number of unbranched alkanes of at least 4 members (excludes halogenated alkanes) is 5. The molecular weight excluding hydrogens is 304 g/mol. The number of carboxylic acids is 1. The number of aliphatic hydroxyl groups is 2. The minimum atomic E-state index is -0.837. The number of hydrogen-bond donors (Lipinski definition) is 3. The Bertz CT molecular complexity index is 385. The number of aliphatic hydroxyl groups excluding tert-OH is 2. The molecule has 0 saturated carbocycles. The van der Waals surface area contributed by atoms with Crippen LogP contribution in [0.25, 0.3) is 0 Å². The minimum Gasteiger partial charge on any atom is -0.481 e. The summed E-state index contributed by atoms with van der Waals surface area (Å²) in [5.74, 6) is -0.837. The van der Waals surface area contributed by atoms with E-state index in [4.69, 9.17) is 5.11 Å². The van der Waals surface area contributed by atoms with E-state index >= 15 is 0 Å². The maximum absolute atomic E-state index is 10.4. The molecule has 0 heterocycles. The number of carbonyl (C=O) groups is 1. The third kappa shape index (κ3) is 17.0. The first-order chi connectivity index (χ1) is 11.6. The Labute approximate surface area is 146 Å². The highest BCUT2D eigenvalue weighted by Crippen LogP contribution is 2.09. The summed E-state index contributed by atoms with van der Waals surface area (Å²) < 4.78 is 0. The Hall–Kier alpha value is -1.39. The average molecular weight is 338 g/mol. The summed E-state index contributed by atoms with van der Waals surface area (Å²) in [5.41, 5.74) is 0. The predicted molar refractivity (Wildman–Crippen MR) is 98.9 cm³/mol. The quantitative estimate of drug-likeness (QED) is 0.306. The maximum Gasteiger partial charge on any atom is 0.303 e. The van der Waals surface area contributed by atoms with Crippen molar-refractivity contribution in [1.29, 1.82) is 0 Å². The number of aliphatic carboxylic acids is 1. The molecule has 0 rings (SSSR count). The molecule has 3 N–H and O–H groups in total. The summed E-state index contributed by atoms with van der Waals surface area (Å²) in [6.07, 6.45) is 18.7. The van der Waals surface area contributed by atoms with E-state index in [1.54, 1.807) is 24.3 Å².